The summed E-state index contributed by atoms with van der Waals surface area (Å²) >= 11 is 0. The van der Waals surface area contributed by atoms with Crippen molar-refractivity contribution in [1.82, 2.24) is 4.98 Å². The quantitative estimate of drug-likeness (QED) is 0.362. The van der Waals surface area contributed by atoms with Crippen molar-refractivity contribution in [3.8, 4) is 11.3 Å². The zero-order chi connectivity index (χ0) is 20.3. The average molecular weight is 381 g/mol. The molecular weight excluding hydrogens is 352 g/mol. The van der Waals surface area contributed by atoms with Crippen LogP contribution in [0.4, 0.5) is 5.69 Å². The number of rotatable bonds is 6. The molecule has 0 radical (unpaired) electrons. The van der Waals surface area contributed by atoms with E-state index in [1.165, 1.54) is 39.0 Å². The van der Waals surface area contributed by atoms with Crippen LogP contribution in [0.2, 0.25) is 0 Å². The molecule has 4 rings (SSSR count). The van der Waals surface area contributed by atoms with Gasteiger partial charge in [0.05, 0.1) is 5.69 Å². The molecule has 2 nitrogen and oxygen atoms in total. The Morgan fingerprint density at radius 2 is 1.55 bits per heavy atom. The summed E-state index contributed by atoms with van der Waals surface area (Å²) in [5.41, 5.74) is 7.39. The van der Waals surface area contributed by atoms with Gasteiger partial charge in [0.2, 0.25) is 0 Å². The van der Waals surface area contributed by atoms with Gasteiger partial charge in [-0.3, -0.25) is 0 Å². The molecule has 146 valence electrons. The number of anilines is 1. The largest absolute Gasteiger partial charge is 0.388 e. The number of allylic oxidation sites excluding steroid dienone is 1. The molecule has 0 spiro atoms. The van der Waals surface area contributed by atoms with Crippen LogP contribution in [0, 0.1) is 0 Å². The zero-order valence-electron chi connectivity index (χ0n) is 17.4. The van der Waals surface area contributed by atoms with Crippen molar-refractivity contribution < 1.29 is 0 Å². The normalized spacial score (nSPS) is 12.0. The molecule has 0 unspecified atom stereocenters. The van der Waals surface area contributed by atoms with Crippen molar-refractivity contribution in [3.05, 3.63) is 96.1 Å². The number of aromatic amines is 1. The number of benzene rings is 3. The van der Waals surface area contributed by atoms with E-state index in [1.807, 2.05) is 7.05 Å². The van der Waals surface area contributed by atoms with E-state index in [9.17, 15) is 0 Å². The zero-order valence-corrected chi connectivity index (χ0v) is 17.4. The fraction of sp³-hybridized carbons (Fsp3) is 0.185. The van der Waals surface area contributed by atoms with Gasteiger partial charge in [-0.2, -0.15) is 0 Å². The van der Waals surface area contributed by atoms with Gasteiger partial charge >= 0.3 is 0 Å². The van der Waals surface area contributed by atoms with Crippen molar-refractivity contribution in [1.29, 1.82) is 0 Å². The maximum atomic E-state index is 3.62. The molecule has 1 heterocycles. The molecule has 1 aromatic heterocycles. The number of H-pyrrole nitrogens is 1. The van der Waals surface area contributed by atoms with E-state index in [-0.39, 0.29) is 5.41 Å². The lowest BCUT2D eigenvalue weighted by Crippen LogP contribution is -2.17. The summed E-state index contributed by atoms with van der Waals surface area (Å²) in [7, 11) is 1.99. The summed E-state index contributed by atoms with van der Waals surface area (Å²) in [6.07, 6.45) is 5.55. The van der Waals surface area contributed by atoms with Crippen molar-refractivity contribution in [2.75, 3.05) is 12.4 Å². The summed E-state index contributed by atoms with van der Waals surface area (Å²) < 4.78 is 0. The fourth-order valence-electron chi connectivity index (χ4n) is 4.04. The average Bonchev–Trinajstić information content (AvgIpc) is 3.13. The highest BCUT2D eigenvalue weighted by atomic mass is 14.8. The van der Waals surface area contributed by atoms with Crippen molar-refractivity contribution in [2.24, 2.45) is 0 Å². The second-order valence-electron chi connectivity index (χ2n) is 8.11. The molecule has 0 saturated heterocycles. The van der Waals surface area contributed by atoms with Gasteiger partial charge < -0.3 is 10.3 Å². The fourth-order valence-corrected chi connectivity index (χ4v) is 4.04. The Morgan fingerprint density at radius 1 is 0.862 bits per heavy atom. The minimum absolute atomic E-state index is 0.0368. The standard InChI is InChI=1S/C27H28N2/c1-27(2,23-16-8-10-18-25(23)28-3)19-11-15-22-21-14-7-9-17-24(21)29-26(22)20-12-5-4-6-13-20/h4-18,28-29H,19H2,1-3H3/b15-11+. The Hall–Kier alpha value is -3.26. The lowest BCUT2D eigenvalue weighted by molar-refractivity contribution is 0.536. The van der Waals surface area contributed by atoms with Crippen LogP contribution in [0.1, 0.15) is 31.4 Å². The minimum atomic E-state index is 0.0368. The summed E-state index contributed by atoms with van der Waals surface area (Å²) in [5.74, 6) is 0. The third-order valence-corrected chi connectivity index (χ3v) is 5.65. The van der Waals surface area contributed by atoms with Crippen LogP contribution in [0.5, 0.6) is 0 Å². The predicted molar refractivity (Wildman–Crippen MR) is 126 cm³/mol. The highest BCUT2D eigenvalue weighted by Crippen LogP contribution is 2.35. The Kier molecular flexibility index (Phi) is 5.26. The van der Waals surface area contributed by atoms with Crippen LogP contribution >= 0.6 is 0 Å². The molecular formula is C27H28N2. The number of nitrogens with one attached hydrogen (secondary N) is 2. The molecule has 0 atom stereocenters. The molecule has 29 heavy (non-hydrogen) atoms. The summed E-state index contributed by atoms with van der Waals surface area (Å²) in [6.45, 7) is 4.61. The van der Waals surface area contributed by atoms with E-state index in [0.717, 1.165) is 6.42 Å². The number of para-hydroxylation sites is 2. The first kappa shape index (κ1) is 19.1. The van der Waals surface area contributed by atoms with E-state index < -0.39 is 0 Å². The molecule has 0 aliphatic carbocycles. The number of hydrogen-bond donors (Lipinski definition) is 2. The van der Waals surface area contributed by atoms with Crippen LogP contribution < -0.4 is 5.32 Å². The van der Waals surface area contributed by atoms with E-state index in [2.05, 4.69) is 115 Å². The summed E-state index contributed by atoms with van der Waals surface area (Å²) in [5, 5.41) is 4.59. The maximum Gasteiger partial charge on any atom is 0.0538 e. The molecule has 2 N–H and O–H groups in total. The van der Waals surface area contributed by atoms with Gasteiger partial charge in [-0.25, -0.2) is 0 Å². The first-order valence-corrected chi connectivity index (χ1v) is 10.2. The molecule has 3 aromatic carbocycles. The van der Waals surface area contributed by atoms with Gasteiger partial charge in [-0.1, -0.05) is 92.7 Å². The summed E-state index contributed by atoms with van der Waals surface area (Å²) in [4.78, 5) is 3.62. The van der Waals surface area contributed by atoms with E-state index in [1.54, 1.807) is 0 Å². The molecule has 0 fully saturated rings. The highest BCUT2D eigenvalue weighted by Gasteiger charge is 2.22. The van der Waals surface area contributed by atoms with Crippen LogP contribution in [-0.4, -0.2) is 12.0 Å². The van der Waals surface area contributed by atoms with E-state index >= 15 is 0 Å². The smallest absolute Gasteiger partial charge is 0.0538 e. The Labute approximate surface area is 173 Å². The Morgan fingerprint density at radius 3 is 2.34 bits per heavy atom. The van der Waals surface area contributed by atoms with Gasteiger partial charge in [0.25, 0.3) is 0 Å². The molecule has 0 amide bonds. The van der Waals surface area contributed by atoms with Crippen molar-refractivity contribution in [3.63, 3.8) is 0 Å². The maximum absolute atomic E-state index is 3.62. The lowest BCUT2D eigenvalue weighted by Gasteiger charge is -2.26. The number of fused-ring (bicyclic) bond motifs is 1. The van der Waals surface area contributed by atoms with Gasteiger partial charge in [0, 0.05) is 29.2 Å². The van der Waals surface area contributed by atoms with Gasteiger partial charge in [0.1, 0.15) is 0 Å². The molecule has 0 aliphatic rings. The number of aromatic nitrogens is 1. The van der Waals surface area contributed by atoms with Crippen molar-refractivity contribution >= 4 is 22.7 Å². The second-order valence-corrected chi connectivity index (χ2v) is 8.11. The van der Waals surface area contributed by atoms with Crippen LogP contribution in [-0.2, 0) is 5.41 Å². The Balaban J connectivity index is 1.70. The predicted octanol–water partition coefficient (Wildman–Crippen LogP) is 7.26. The highest BCUT2D eigenvalue weighted by molar-refractivity contribution is 5.96. The second kappa shape index (κ2) is 8.00. The molecule has 0 aliphatic heterocycles. The van der Waals surface area contributed by atoms with Gasteiger partial charge in [-0.05, 0) is 35.1 Å². The molecule has 2 heteroatoms. The third-order valence-electron chi connectivity index (χ3n) is 5.65. The van der Waals surface area contributed by atoms with Gasteiger partial charge in [-0.15, -0.1) is 0 Å². The molecule has 0 saturated carbocycles. The van der Waals surface area contributed by atoms with E-state index in [4.69, 9.17) is 0 Å². The molecule has 0 bridgehead atoms. The first-order chi connectivity index (χ1) is 14.1. The van der Waals surface area contributed by atoms with Crippen LogP contribution in [0.3, 0.4) is 0 Å². The third kappa shape index (κ3) is 3.84. The van der Waals surface area contributed by atoms with Gasteiger partial charge in [0.15, 0.2) is 0 Å². The number of hydrogen-bond acceptors (Lipinski definition) is 1. The van der Waals surface area contributed by atoms with Crippen LogP contribution in [0.25, 0.3) is 28.2 Å². The molecule has 4 aromatic rings. The lowest BCUT2D eigenvalue weighted by atomic mass is 9.80. The van der Waals surface area contributed by atoms with Crippen LogP contribution in [0.15, 0.2) is 84.9 Å². The first-order valence-electron chi connectivity index (χ1n) is 10.2. The monoisotopic (exact) mass is 380 g/mol. The Bertz CT molecular complexity index is 1130. The SMILES string of the molecule is CNc1ccccc1C(C)(C)C/C=C/c1c(-c2ccccc2)[nH]c2ccccc12. The van der Waals surface area contributed by atoms with Crippen molar-refractivity contribution in [2.45, 2.75) is 25.7 Å². The van der Waals surface area contributed by atoms with E-state index in [0.29, 0.717) is 0 Å². The minimum Gasteiger partial charge on any atom is -0.388 e. The topological polar surface area (TPSA) is 27.8 Å². The summed E-state index contributed by atoms with van der Waals surface area (Å²) in [6, 6.07) is 27.7.